The van der Waals surface area contributed by atoms with Gasteiger partial charge in [-0.2, -0.15) is 0 Å². The Bertz CT molecular complexity index is 573. The molecular formula is C13H11NO2. The molecule has 3 nitrogen and oxygen atoms in total. The quantitative estimate of drug-likeness (QED) is 0.564. The van der Waals surface area contributed by atoms with Crippen LogP contribution < -0.4 is 0 Å². The number of fused-ring (bicyclic) bond motifs is 1. The summed E-state index contributed by atoms with van der Waals surface area (Å²) in [4.78, 5) is 10.9. The van der Waals surface area contributed by atoms with E-state index in [2.05, 4.69) is 0 Å². The lowest BCUT2D eigenvalue weighted by molar-refractivity contribution is -0.383. The van der Waals surface area contributed by atoms with Crippen molar-refractivity contribution in [1.82, 2.24) is 0 Å². The van der Waals surface area contributed by atoms with Gasteiger partial charge in [0.2, 0.25) is 0 Å². The van der Waals surface area contributed by atoms with Crippen LogP contribution in [0.5, 0.6) is 0 Å². The highest BCUT2D eigenvalue weighted by molar-refractivity contribution is 5.92. The first-order valence-corrected chi connectivity index (χ1v) is 5.43. The SMILES string of the molecule is O=[N+]([O-])c1c(C2CC2)ccc2ccccc12. The van der Waals surface area contributed by atoms with Crippen molar-refractivity contribution in [3.63, 3.8) is 0 Å². The molecule has 0 aliphatic heterocycles. The van der Waals surface area contributed by atoms with Crippen LogP contribution in [0.15, 0.2) is 36.4 Å². The van der Waals surface area contributed by atoms with Crippen LogP contribution in [0.4, 0.5) is 5.69 Å². The van der Waals surface area contributed by atoms with Crippen LogP contribution >= 0.6 is 0 Å². The molecule has 80 valence electrons. The van der Waals surface area contributed by atoms with Gasteiger partial charge < -0.3 is 0 Å². The largest absolute Gasteiger partial charge is 0.280 e. The lowest BCUT2D eigenvalue weighted by Crippen LogP contribution is -1.95. The van der Waals surface area contributed by atoms with Crippen molar-refractivity contribution < 1.29 is 4.92 Å². The molecule has 0 unspecified atom stereocenters. The van der Waals surface area contributed by atoms with Crippen molar-refractivity contribution in [2.24, 2.45) is 0 Å². The van der Waals surface area contributed by atoms with Gasteiger partial charge in [-0.05, 0) is 30.2 Å². The normalized spacial score (nSPS) is 15.2. The van der Waals surface area contributed by atoms with Crippen LogP contribution in [-0.4, -0.2) is 4.92 Å². The predicted molar refractivity (Wildman–Crippen MR) is 62.6 cm³/mol. The summed E-state index contributed by atoms with van der Waals surface area (Å²) in [5.74, 6) is 0.407. The summed E-state index contributed by atoms with van der Waals surface area (Å²) < 4.78 is 0. The van der Waals surface area contributed by atoms with Crippen LogP contribution in [0.3, 0.4) is 0 Å². The Balaban J connectivity index is 2.35. The lowest BCUT2D eigenvalue weighted by Gasteiger charge is -2.04. The summed E-state index contributed by atoms with van der Waals surface area (Å²) in [6, 6.07) is 11.4. The number of benzene rings is 2. The average Bonchev–Trinajstić information content (AvgIpc) is 3.11. The molecule has 1 fully saturated rings. The lowest BCUT2D eigenvalue weighted by atomic mass is 10.0. The van der Waals surface area contributed by atoms with Crippen molar-refractivity contribution in [1.29, 1.82) is 0 Å². The third-order valence-corrected chi connectivity index (χ3v) is 3.13. The van der Waals surface area contributed by atoms with E-state index in [-0.39, 0.29) is 4.92 Å². The predicted octanol–water partition coefficient (Wildman–Crippen LogP) is 3.63. The van der Waals surface area contributed by atoms with Crippen LogP contribution in [0.25, 0.3) is 10.8 Å². The molecule has 1 aliphatic carbocycles. The highest BCUT2D eigenvalue weighted by Gasteiger charge is 2.31. The third-order valence-electron chi connectivity index (χ3n) is 3.13. The number of hydrogen-bond acceptors (Lipinski definition) is 2. The van der Waals surface area contributed by atoms with Gasteiger partial charge in [0.05, 0.1) is 10.3 Å². The summed E-state index contributed by atoms with van der Waals surface area (Å²) in [7, 11) is 0. The minimum atomic E-state index is -0.240. The van der Waals surface area contributed by atoms with E-state index in [4.69, 9.17) is 0 Å². The van der Waals surface area contributed by atoms with Gasteiger partial charge >= 0.3 is 0 Å². The maximum atomic E-state index is 11.2. The molecule has 0 atom stereocenters. The van der Waals surface area contributed by atoms with Gasteiger partial charge in [-0.3, -0.25) is 10.1 Å². The fourth-order valence-corrected chi connectivity index (χ4v) is 2.20. The Morgan fingerprint density at radius 3 is 2.56 bits per heavy atom. The van der Waals surface area contributed by atoms with Crippen LogP contribution in [0.2, 0.25) is 0 Å². The molecule has 1 aliphatic rings. The molecule has 0 N–H and O–H groups in total. The average molecular weight is 213 g/mol. The zero-order valence-corrected chi connectivity index (χ0v) is 8.72. The first-order valence-electron chi connectivity index (χ1n) is 5.43. The Labute approximate surface area is 92.9 Å². The summed E-state index contributed by atoms with van der Waals surface area (Å²) in [5.41, 5.74) is 1.21. The van der Waals surface area contributed by atoms with Gasteiger partial charge in [-0.1, -0.05) is 30.3 Å². The van der Waals surface area contributed by atoms with Gasteiger partial charge in [0.25, 0.3) is 5.69 Å². The van der Waals surface area contributed by atoms with E-state index in [0.717, 1.165) is 29.2 Å². The van der Waals surface area contributed by atoms with Gasteiger partial charge in [0.1, 0.15) is 0 Å². The fourth-order valence-electron chi connectivity index (χ4n) is 2.20. The molecule has 0 spiro atoms. The summed E-state index contributed by atoms with van der Waals surface area (Å²) in [5, 5.41) is 12.9. The molecule has 0 amide bonds. The second-order valence-corrected chi connectivity index (χ2v) is 4.26. The molecule has 0 saturated heterocycles. The van der Waals surface area contributed by atoms with E-state index >= 15 is 0 Å². The molecule has 0 aromatic heterocycles. The maximum absolute atomic E-state index is 11.2. The van der Waals surface area contributed by atoms with Crippen molar-refractivity contribution in [3.05, 3.63) is 52.1 Å². The molecule has 2 aromatic carbocycles. The van der Waals surface area contributed by atoms with E-state index < -0.39 is 0 Å². The molecule has 3 rings (SSSR count). The van der Waals surface area contributed by atoms with Crippen LogP contribution in [-0.2, 0) is 0 Å². The second kappa shape index (κ2) is 3.30. The highest BCUT2D eigenvalue weighted by Crippen LogP contribution is 2.46. The molecule has 16 heavy (non-hydrogen) atoms. The number of nitro benzene ring substituents is 1. The fraction of sp³-hybridized carbons (Fsp3) is 0.231. The zero-order chi connectivity index (χ0) is 11.1. The topological polar surface area (TPSA) is 43.1 Å². The third kappa shape index (κ3) is 1.36. The molecular weight excluding hydrogens is 202 g/mol. The summed E-state index contributed by atoms with van der Waals surface area (Å²) in [6.45, 7) is 0. The van der Waals surface area contributed by atoms with Crippen molar-refractivity contribution in [3.8, 4) is 0 Å². The van der Waals surface area contributed by atoms with E-state index in [1.807, 2.05) is 36.4 Å². The van der Waals surface area contributed by atoms with E-state index in [0.29, 0.717) is 11.6 Å². The van der Waals surface area contributed by atoms with Crippen molar-refractivity contribution in [2.75, 3.05) is 0 Å². The number of nitrogens with zero attached hydrogens (tertiary/aromatic N) is 1. The van der Waals surface area contributed by atoms with E-state index in [1.54, 1.807) is 0 Å². The summed E-state index contributed by atoms with van der Waals surface area (Å²) in [6.07, 6.45) is 2.17. The minimum absolute atomic E-state index is 0.240. The van der Waals surface area contributed by atoms with Crippen molar-refractivity contribution in [2.45, 2.75) is 18.8 Å². The molecule has 0 bridgehead atoms. The number of nitro groups is 1. The van der Waals surface area contributed by atoms with Gasteiger partial charge in [0.15, 0.2) is 0 Å². The Kier molecular flexibility index (Phi) is 1.93. The van der Waals surface area contributed by atoms with Crippen molar-refractivity contribution >= 4 is 16.5 Å². The first-order chi connectivity index (χ1) is 7.77. The van der Waals surface area contributed by atoms with Crippen LogP contribution in [0.1, 0.15) is 24.3 Å². The first kappa shape index (κ1) is 9.33. The second-order valence-electron chi connectivity index (χ2n) is 4.26. The van der Waals surface area contributed by atoms with E-state index in [1.165, 1.54) is 0 Å². The number of hydrogen-bond donors (Lipinski definition) is 0. The molecule has 0 radical (unpaired) electrons. The Hall–Kier alpha value is -1.90. The monoisotopic (exact) mass is 213 g/mol. The van der Waals surface area contributed by atoms with E-state index in [9.17, 15) is 10.1 Å². The molecule has 2 aromatic rings. The standard InChI is InChI=1S/C13H11NO2/c15-14(16)13-11-4-2-1-3-9(11)7-8-12(13)10-5-6-10/h1-4,7-8,10H,5-6H2. The molecule has 1 saturated carbocycles. The Morgan fingerprint density at radius 2 is 1.88 bits per heavy atom. The number of rotatable bonds is 2. The van der Waals surface area contributed by atoms with Gasteiger partial charge in [-0.15, -0.1) is 0 Å². The van der Waals surface area contributed by atoms with Gasteiger partial charge in [0, 0.05) is 5.56 Å². The van der Waals surface area contributed by atoms with Crippen LogP contribution in [0, 0.1) is 10.1 Å². The minimum Gasteiger partial charge on any atom is -0.258 e. The summed E-state index contributed by atoms with van der Waals surface area (Å²) >= 11 is 0. The zero-order valence-electron chi connectivity index (χ0n) is 8.72. The van der Waals surface area contributed by atoms with Gasteiger partial charge in [-0.25, -0.2) is 0 Å². The maximum Gasteiger partial charge on any atom is 0.280 e. The molecule has 3 heteroatoms. The smallest absolute Gasteiger partial charge is 0.258 e. The highest BCUT2D eigenvalue weighted by atomic mass is 16.6. The Morgan fingerprint density at radius 1 is 1.12 bits per heavy atom. The molecule has 0 heterocycles.